The van der Waals surface area contributed by atoms with Gasteiger partial charge >= 0.3 is 5.97 Å². The third-order valence-corrected chi connectivity index (χ3v) is 4.65. The monoisotopic (exact) mass is 401 g/mol. The lowest BCUT2D eigenvalue weighted by molar-refractivity contribution is 0.0600. The predicted octanol–water partition coefficient (Wildman–Crippen LogP) is 4.28. The SMILES string of the molecule is COC(=O)c1cccc(C(=O)Nc2ccc3[nH]c(-c4ccc(OC)cc4)nc3c2)c1. The molecule has 0 bridgehead atoms. The number of carbonyl (C=O) groups excluding carboxylic acids is 2. The molecular formula is C23H19N3O4. The number of aromatic nitrogens is 2. The van der Waals surface area contributed by atoms with Crippen molar-refractivity contribution in [2.24, 2.45) is 0 Å². The van der Waals surface area contributed by atoms with Gasteiger partial charge in [0.15, 0.2) is 0 Å². The average molecular weight is 401 g/mol. The number of anilines is 1. The third-order valence-electron chi connectivity index (χ3n) is 4.65. The second-order valence-electron chi connectivity index (χ2n) is 6.57. The fraction of sp³-hybridized carbons (Fsp3) is 0.0870. The van der Waals surface area contributed by atoms with Crippen LogP contribution in [0, 0.1) is 0 Å². The van der Waals surface area contributed by atoms with Gasteiger partial charge in [0, 0.05) is 16.8 Å². The summed E-state index contributed by atoms with van der Waals surface area (Å²) in [5.74, 6) is 0.678. The van der Waals surface area contributed by atoms with E-state index in [1.54, 1.807) is 37.4 Å². The molecule has 30 heavy (non-hydrogen) atoms. The molecule has 1 heterocycles. The Kier molecular flexibility index (Phi) is 5.17. The summed E-state index contributed by atoms with van der Waals surface area (Å²) >= 11 is 0. The molecule has 3 aromatic carbocycles. The highest BCUT2D eigenvalue weighted by Crippen LogP contribution is 2.25. The van der Waals surface area contributed by atoms with Gasteiger partial charge in [-0.1, -0.05) is 6.07 Å². The van der Waals surface area contributed by atoms with Gasteiger partial charge in [-0.3, -0.25) is 4.79 Å². The van der Waals surface area contributed by atoms with Crippen molar-refractivity contribution in [2.75, 3.05) is 19.5 Å². The summed E-state index contributed by atoms with van der Waals surface area (Å²) in [6.07, 6.45) is 0. The van der Waals surface area contributed by atoms with Crippen LogP contribution in [0.3, 0.4) is 0 Å². The van der Waals surface area contributed by atoms with Gasteiger partial charge in [0.2, 0.25) is 0 Å². The number of nitrogens with one attached hydrogen (secondary N) is 2. The van der Waals surface area contributed by atoms with Crippen LogP contribution in [-0.2, 0) is 4.74 Å². The molecule has 0 spiro atoms. The molecule has 0 aliphatic carbocycles. The number of ether oxygens (including phenoxy) is 2. The lowest BCUT2D eigenvalue weighted by Crippen LogP contribution is -2.13. The van der Waals surface area contributed by atoms with Crippen molar-refractivity contribution in [1.29, 1.82) is 0 Å². The molecule has 0 unspecified atom stereocenters. The van der Waals surface area contributed by atoms with E-state index in [9.17, 15) is 9.59 Å². The predicted molar refractivity (Wildman–Crippen MR) is 114 cm³/mol. The second-order valence-corrected chi connectivity index (χ2v) is 6.57. The number of fused-ring (bicyclic) bond motifs is 1. The van der Waals surface area contributed by atoms with Crippen molar-refractivity contribution in [3.05, 3.63) is 77.9 Å². The molecule has 1 aromatic heterocycles. The van der Waals surface area contributed by atoms with Gasteiger partial charge in [-0.05, 0) is 60.7 Å². The van der Waals surface area contributed by atoms with Gasteiger partial charge < -0.3 is 19.8 Å². The summed E-state index contributed by atoms with van der Waals surface area (Å²) < 4.78 is 9.88. The number of imidazole rings is 1. The second kappa shape index (κ2) is 8.08. The van der Waals surface area contributed by atoms with Crippen molar-refractivity contribution in [2.45, 2.75) is 0 Å². The third kappa shape index (κ3) is 3.86. The lowest BCUT2D eigenvalue weighted by atomic mass is 10.1. The van der Waals surface area contributed by atoms with Crippen LogP contribution in [0.15, 0.2) is 66.7 Å². The van der Waals surface area contributed by atoms with E-state index in [4.69, 9.17) is 9.47 Å². The van der Waals surface area contributed by atoms with E-state index in [1.807, 2.05) is 30.3 Å². The van der Waals surface area contributed by atoms with Gasteiger partial charge in [-0.25, -0.2) is 9.78 Å². The van der Waals surface area contributed by atoms with Crippen LogP contribution >= 0.6 is 0 Å². The number of rotatable bonds is 5. The quantitative estimate of drug-likeness (QED) is 0.487. The number of nitrogens with zero attached hydrogens (tertiary/aromatic N) is 1. The van der Waals surface area contributed by atoms with Gasteiger partial charge in [0.1, 0.15) is 11.6 Å². The molecule has 150 valence electrons. The van der Waals surface area contributed by atoms with Crippen molar-refractivity contribution in [3.63, 3.8) is 0 Å². The van der Waals surface area contributed by atoms with E-state index in [0.29, 0.717) is 16.8 Å². The Morgan fingerprint density at radius 3 is 2.43 bits per heavy atom. The molecule has 2 N–H and O–H groups in total. The van der Waals surface area contributed by atoms with Crippen molar-refractivity contribution in [1.82, 2.24) is 9.97 Å². The number of hydrogen-bond donors (Lipinski definition) is 2. The van der Waals surface area contributed by atoms with Crippen LogP contribution in [-0.4, -0.2) is 36.1 Å². The molecule has 4 aromatic rings. The summed E-state index contributed by atoms with van der Waals surface area (Å²) in [6.45, 7) is 0. The highest BCUT2D eigenvalue weighted by Gasteiger charge is 2.12. The summed E-state index contributed by atoms with van der Waals surface area (Å²) in [4.78, 5) is 32.2. The van der Waals surface area contributed by atoms with Crippen molar-refractivity contribution < 1.29 is 19.1 Å². The number of H-pyrrole nitrogens is 1. The molecule has 0 saturated heterocycles. The first-order chi connectivity index (χ1) is 14.6. The first kappa shape index (κ1) is 19.2. The van der Waals surface area contributed by atoms with Crippen LogP contribution in [0.25, 0.3) is 22.4 Å². The minimum Gasteiger partial charge on any atom is -0.497 e. The largest absolute Gasteiger partial charge is 0.497 e. The fourth-order valence-corrected chi connectivity index (χ4v) is 3.08. The number of esters is 1. The summed E-state index contributed by atoms with van der Waals surface area (Å²) in [7, 11) is 2.92. The molecule has 0 aliphatic rings. The van der Waals surface area contributed by atoms with Crippen molar-refractivity contribution >= 4 is 28.6 Å². The van der Waals surface area contributed by atoms with Gasteiger partial charge in [-0.2, -0.15) is 0 Å². The fourth-order valence-electron chi connectivity index (χ4n) is 3.08. The van der Waals surface area contributed by atoms with Crippen molar-refractivity contribution in [3.8, 4) is 17.1 Å². The number of hydrogen-bond acceptors (Lipinski definition) is 5. The normalized spacial score (nSPS) is 10.6. The van der Waals surface area contributed by atoms with Gasteiger partial charge in [0.05, 0.1) is 30.8 Å². The maximum atomic E-state index is 12.6. The van der Waals surface area contributed by atoms with Crippen LogP contribution < -0.4 is 10.1 Å². The maximum Gasteiger partial charge on any atom is 0.337 e. The molecule has 7 heteroatoms. The number of benzene rings is 3. The van der Waals surface area contributed by atoms with Gasteiger partial charge in [0.25, 0.3) is 5.91 Å². The molecule has 0 aliphatic heterocycles. The molecule has 7 nitrogen and oxygen atoms in total. The standard InChI is InChI=1S/C23H19N3O4/c1-29-18-9-6-14(7-10-18)21-25-19-11-8-17(13-20(19)26-21)24-22(27)15-4-3-5-16(12-15)23(28)30-2/h3-13H,1-2H3,(H,24,27)(H,25,26). The smallest absolute Gasteiger partial charge is 0.337 e. The van der Waals surface area contributed by atoms with Crippen LogP contribution in [0.5, 0.6) is 5.75 Å². The molecule has 0 radical (unpaired) electrons. The Morgan fingerprint density at radius 1 is 0.933 bits per heavy atom. The zero-order chi connectivity index (χ0) is 21.1. The maximum absolute atomic E-state index is 12.6. The minimum atomic E-state index is -0.492. The Morgan fingerprint density at radius 2 is 1.70 bits per heavy atom. The van der Waals surface area contributed by atoms with Crippen LogP contribution in [0.4, 0.5) is 5.69 Å². The highest BCUT2D eigenvalue weighted by atomic mass is 16.5. The van der Waals surface area contributed by atoms with E-state index in [2.05, 4.69) is 15.3 Å². The minimum absolute atomic E-state index is 0.317. The van der Waals surface area contributed by atoms with Crippen LogP contribution in [0.2, 0.25) is 0 Å². The molecule has 0 saturated carbocycles. The number of methoxy groups -OCH3 is 2. The molecule has 1 amide bonds. The van der Waals surface area contributed by atoms with Gasteiger partial charge in [-0.15, -0.1) is 0 Å². The number of carbonyl (C=O) groups is 2. The summed E-state index contributed by atoms with van der Waals surface area (Å²) in [5, 5.41) is 2.84. The summed E-state index contributed by atoms with van der Waals surface area (Å²) in [5.41, 5.74) is 3.78. The highest BCUT2D eigenvalue weighted by molar-refractivity contribution is 6.06. The molecule has 0 atom stereocenters. The van der Waals surface area contributed by atoms with E-state index in [0.717, 1.165) is 28.2 Å². The topological polar surface area (TPSA) is 93.3 Å². The molecule has 4 rings (SSSR count). The first-order valence-electron chi connectivity index (χ1n) is 9.21. The number of aromatic amines is 1. The molecule has 0 fully saturated rings. The Labute approximate surface area is 172 Å². The zero-order valence-electron chi connectivity index (χ0n) is 16.4. The van der Waals surface area contributed by atoms with E-state index in [-0.39, 0.29) is 5.91 Å². The Hall–Kier alpha value is -4.13. The number of amides is 1. The van der Waals surface area contributed by atoms with E-state index >= 15 is 0 Å². The van der Waals surface area contributed by atoms with E-state index < -0.39 is 5.97 Å². The molecular weight excluding hydrogens is 382 g/mol. The zero-order valence-corrected chi connectivity index (χ0v) is 16.4. The Balaban J connectivity index is 1.56. The van der Waals surface area contributed by atoms with Crippen LogP contribution in [0.1, 0.15) is 20.7 Å². The first-order valence-corrected chi connectivity index (χ1v) is 9.21. The van der Waals surface area contributed by atoms with E-state index in [1.165, 1.54) is 13.2 Å². The average Bonchev–Trinajstić information content (AvgIpc) is 3.22. The lowest BCUT2D eigenvalue weighted by Gasteiger charge is -2.06. The Bertz CT molecular complexity index is 1230. The summed E-state index contributed by atoms with van der Waals surface area (Å²) in [6, 6.07) is 19.4.